The van der Waals surface area contributed by atoms with Gasteiger partial charge in [0, 0.05) is 33.2 Å². The highest BCUT2D eigenvalue weighted by molar-refractivity contribution is 6.36. The largest absolute Gasteiger partial charge is 0.468 e. The molecular formula is C20H14Cl2N2O2. The molecule has 0 N–H and O–H groups in total. The van der Waals surface area contributed by atoms with E-state index in [1.165, 1.54) is 7.11 Å². The van der Waals surface area contributed by atoms with Crippen LogP contribution >= 0.6 is 23.2 Å². The number of nitrogens with zero attached hydrogens (tertiary/aromatic N) is 2. The van der Waals surface area contributed by atoms with E-state index < -0.39 is 0 Å². The van der Waals surface area contributed by atoms with Gasteiger partial charge in [0.15, 0.2) is 0 Å². The summed E-state index contributed by atoms with van der Waals surface area (Å²) >= 11 is 12.2. The van der Waals surface area contributed by atoms with Gasteiger partial charge in [-0.15, -0.1) is 0 Å². The van der Waals surface area contributed by atoms with Crippen LogP contribution < -0.4 is 0 Å². The molecule has 0 radical (unpaired) electrons. The van der Waals surface area contributed by atoms with E-state index in [2.05, 4.69) is 6.07 Å². The Morgan fingerprint density at radius 3 is 2.73 bits per heavy atom. The monoisotopic (exact) mass is 384 g/mol. The van der Waals surface area contributed by atoms with E-state index in [0.717, 1.165) is 16.5 Å². The number of carbonyl (C=O) groups is 1. The first-order valence-electron chi connectivity index (χ1n) is 7.75. The normalized spacial score (nSPS) is 11.4. The standard InChI is InChI=1S/C20H14Cl2N2O2/c1-26-20(25)12-24-11-14(17-4-2-3-5-19(17)24)8-13(10-23)16-7-6-15(21)9-18(16)22/h2-9,11H,12H2,1H3/b13-8-. The molecule has 0 unspecified atom stereocenters. The summed E-state index contributed by atoms with van der Waals surface area (Å²) in [5, 5.41) is 11.4. The van der Waals surface area contributed by atoms with Gasteiger partial charge in [-0.25, -0.2) is 0 Å². The molecule has 3 rings (SSSR count). The van der Waals surface area contributed by atoms with Crippen LogP contribution in [0.3, 0.4) is 0 Å². The summed E-state index contributed by atoms with van der Waals surface area (Å²) in [5.41, 5.74) is 2.70. The summed E-state index contributed by atoms with van der Waals surface area (Å²) in [5.74, 6) is -0.345. The van der Waals surface area contributed by atoms with E-state index in [4.69, 9.17) is 27.9 Å². The lowest BCUT2D eigenvalue weighted by Gasteiger charge is -2.03. The molecule has 0 saturated heterocycles. The van der Waals surface area contributed by atoms with Crippen molar-refractivity contribution in [2.45, 2.75) is 6.54 Å². The van der Waals surface area contributed by atoms with Gasteiger partial charge in [-0.1, -0.05) is 47.5 Å². The van der Waals surface area contributed by atoms with Gasteiger partial charge in [0.25, 0.3) is 0 Å². The van der Waals surface area contributed by atoms with Gasteiger partial charge >= 0.3 is 5.97 Å². The number of ether oxygens (including phenoxy) is 1. The van der Waals surface area contributed by atoms with Gasteiger partial charge in [-0.05, 0) is 24.3 Å². The Morgan fingerprint density at radius 1 is 1.27 bits per heavy atom. The summed E-state index contributed by atoms with van der Waals surface area (Å²) in [6, 6.07) is 14.8. The fraction of sp³-hybridized carbons (Fsp3) is 0.100. The molecule has 4 nitrogen and oxygen atoms in total. The smallest absolute Gasteiger partial charge is 0.325 e. The van der Waals surface area contributed by atoms with Crippen molar-refractivity contribution >= 4 is 51.7 Å². The number of rotatable bonds is 4. The second kappa shape index (κ2) is 7.65. The molecule has 0 aliphatic heterocycles. The second-order valence-corrected chi connectivity index (χ2v) is 6.44. The van der Waals surface area contributed by atoms with Crippen molar-refractivity contribution in [1.29, 1.82) is 5.26 Å². The fourth-order valence-electron chi connectivity index (χ4n) is 2.76. The lowest BCUT2D eigenvalue weighted by molar-refractivity contribution is -0.141. The van der Waals surface area contributed by atoms with Gasteiger partial charge in [0.2, 0.25) is 0 Å². The number of fused-ring (bicyclic) bond motifs is 1. The second-order valence-electron chi connectivity index (χ2n) is 5.60. The van der Waals surface area contributed by atoms with Gasteiger partial charge in [-0.2, -0.15) is 5.26 Å². The summed E-state index contributed by atoms with van der Waals surface area (Å²) in [7, 11) is 1.35. The van der Waals surface area contributed by atoms with Crippen molar-refractivity contribution in [1.82, 2.24) is 4.57 Å². The Morgan fingerprint density at radius 2 is 2.04 bits per heavy atom. The Labute approximate surface area is 160 Å². The minimum atomic E-state index is -0.345. The Hall–Kier alpha value is -2.74. The number of para-hydroxylation sites is 1. The van der Waals surface area contributed by atoms with E-state index in [1.54, 1.807) is 28.8 Å². The molecule has 26 heavy (non-hydrogen) atoms. The fourth-order valence-corrected chi connectivity index (χ4v) is 3.27. The maximum absolute atomic E-state index is 11.7. The number of carbonyl (C=O) groups excluding carboxylic acids is 1. The molecule has 0 saturated carbocycles. The molecule has 0 bridgehead atoms. The van der Waals surface area contributed by atoms with Crippen molar-refractivity contribution in [3.05, 3.63) is 69.8 Å². The zero-order valence-corrected chi connectivity index (χ0v) is 15.4. The topological polar surface area (TPSA) is 55.0 Å². The molecule has 0 spiro atoms. The molecular weight excluding hydrogens is 371 g/mol. The number of esters is 1. The van der Waals surface area contributed by atoms with Crippen molar-refractivity contribution < 1.29 is 9.53 Å². The number of nitriles is 1. The van der Waals surface area contributed by atoms with E-state index in [-0.39, 0.29) is 12.5 Å². The predicted molar refractivity (Wildman–Crippen MR) is 104 cm³/mol. The first-order valence-corrected chi connectivity index (χ1v) is 8.51. The molecule has 0 aliphatic carbocycles. The van der Waals surface area contributed by atoms with Crippen molar-refractivity contribution in [2.75, 3.05) is 7.11 Å². The third-order valence-electron chi connectivity index (χ3n) is 3.99. The minimum Gasteiger partial charge on any atom is -0.468 e. The number of benzene rings is 2. The van der Waals surface area contributed by atoms with Gasteiger partial charge in [-0.3, -0.25) is 4.79 Å². The number of hydrogen-bond donors (Lipinski definition) is 0. The van der Waals surface area contributed by atoms with Crippen LogP contribution in [0.1, 0.15) is 11.1 Å². The Kier molecular flexibility index (Phi) is 5.32. The third-order valence-corrected chi connectivity index (χ3v) is 4.54. The number of halogens is 2. The molecule has 6 heteroatoms. The average Bonchev–Trinajstić information content (AvgIpc) is 2.97. The highest BCUT2D eigenvalue weighted by Crippen LogP contribution is 2.30. The van der Waals surface area contributed by atoms with Crippen LogP contribution in [0.5, 0.6) is 0 Å². The number of aromatic nitrogens is 1. The highest BCUT2D eigenvalue weighted by Gasteiger charge is 2.12. The Bertz CT molecular complexity index is 1060. The highest BCUT2D eigenvalue weighted by atomic mass is 35.5. The summed E-state index contributed by atoms with van der Waals surface area (Å²) in [6.45, 7) is 0.0917. The maximum Gasteiger partial charge on any atom is 0.325 e. The number of methoxy groups -OCH3 is 1. The van der Waals surface area contributed by atoms with Crippen LogP contribution in [0, 0.1) is 11.3 Å². The van der Waals surface area contributed by atoms with Gasteiger partial charge in [0.05, 0.1) is 23.8 Å². The van der Waals surface area contributed by atoms with Gasteiger partial charge < -0.3 is 9.30 Å². The van der Waals surface area contributed by atoms with Crippen LogP contribution in [0.25, 0.3) is 22.6 Å². The van der Waals surface area contributed by atoms with Crippen LogP contribution in [0.15, 0.2) is 48.7 Å². The van der Waals surface area contributed by atoms with Crippen LogP contribution in [-0.2, 0) is 16.1 Å². The molecule has 1 heterocycles. The van der Waals surface area contributed by atoms with Gasteiger partial charge in [0.1, 0.15) is 6.54 Å². The SMILES string of the molecule is COC(=O)Cn1cc(/C=C(/C#N)c2ccc(Cl)cc2Cl)c2ccccc21. The average molecular weight is 385 g/mol. The molecule has 1 aromatic heterocycles. The maximum atomic E-state index is 11.7. The molecule has 0 fully saturated rings. The predicted octanol–water partition coefficient (Wildman–Crippen LogP) is 5.19. The van der Waals surface area contributed by atoms with Crippen molar-refractivity contribution in [3.8, 4) is 6.07 Å². The van der Waals surface area contributed by atoms with E-state index >= 15 is 0 Å². The number of allylic oxidation sites excluding steroid dienone is 1. The molecule has 3 aromatic rings. The number of hydrogen-bond acceptors (Lipinski definition) is 3. The van der Waals surface area contributed by atoms with Crippen molar-refractivity contribution in [2.24, 2.45) is 0 Å². The molecule has 0 atom stereocenters. The minimum absolute atomic E-state index is 0.0917. The van der Waals surface area contributed by atoms with Crippen LogP contribution in [0.4, 0.5) is 0 Å². The van der Waals surface area contributed by atoms with Crippen molar-refractivity contribution in [3.63, 3.8) is 0 Å². The lowest BCUT2D eigenvalue weighted by atomic mass is 10.0. The quantitative estimate of drug-likeness (QED) is 0.459. The van der Waals surface area contributed by atoms with Crippen LogP contribution in [-0.4, -0.2) is 17.6 Å². The zero-order chi connectivity index (χ0) is 18.7. The van der Waals surface area contributed by atoms with E-state index in [0.29, 0.717) is 21.2 Å². The molecule has 130 valence electrons. The third kappa shape index (κ3) is 3.60. The molecule has 2 aromatic carbocycles. The van der Waals surface area contributed by atoms with E-state index in [1.807, 2.05) is 30.5 Å². The van der Waals surface area contributed by atoms with E-state index in [9.17, 15) is 10.1 Å². The Balaban J connectivity index is 2.13. The zero-order valence-electron chi connectivity index (χ0n) is 13.9. The molecule has 0 amide bonds. The lowest BCUT2D eigenvalue weighted by Crippen LogP contribution is -2.10. The van der Waals surface area contributed by atoms with Crippen LogP contribution in [0.2, 0.25) is 10.0 Å². The first kappa shape index (κ1) is 18.1. The molecule has 0 aliphatic rings. The summed E-state index contributed by atoms with van der Waals surface area (Å²) in [6.07, 6.45) is 3.58. The first-order chi connectivity index (χ1) is 12.5. The summed E-state index contributed by atoms with van der Waals surface area (Å²) in [4.78, 5) is 11.7. The summed E-state index contributed by atoms with van der Waals surface area (Å²) < 4.78 is 6.55.